The van der Waals surface area contributed by atoms with Crippen molar-refractivity contribution in [1.82, 2.24) is 25.1 Å². The normalized spacial score (nSPS) is 10.8. The number of carbonyl (C=O) groups is 1. The minimum atomic E-state index is -0.485. The number of aromatic nitrogens is 4. The molecule has 0 bridgehead atoms. The van der Waals surface area contributed by atoms with Gasteiger partial charge < -0.3 is 9.73 Å². The molecule has 0 unspecified atom stereocenters. The van der Waals surface area contributed by atoms with Gasteiger partial charge in [0.15, 0.2) is 17.0 Å². The third-order valence-corrected chi connectivity index (χ3v) is 3.80. The Labute approximate surface area is 147 Å². The zero-order valence-electron chi connectivity index (χ0n) is 13.5. The smallest absolute Gasteiger partial charge is 0.287 e. The Morgan fingerprint density at radius 3 is 2.92 bits per heavy atom. The summed E-state index contributed by atoms with van der Waals surface area (Å²) in [5.74, 6) is 0.0337. The SMILES string of the molecule is O=C(NCc1cccnc1-n1cncn1)c1cc(=O)c2ccccc2o1. The predicted molar refractivity (Wildman–Crippen MR) is 92.8 cm³/mol. The first-order valence-corrected chi connectivity index (χ1v) is 7.82. The van der Waals surface area contributed by atoms with Crippen LogP contribution < -0.4 is 10.7 Å². The molecule has 0 radical (unpaired) electrons. The Balaban J connectivity index is 1.58. The van der Waals surface area contributed by atoms with E-state index in [1.807, 2.05) is 6.07 Å². The molecule has 0 saturated carbocycles. The van der Waals surface area contributed by atoms with Crippen LogP contribution in [0.4, 0.5) is 0 Å². The van der Waals surface area contributed by atoms with Crippen LogP contribution in [0.15, 0.2) is 70.5 Å². The van der Waals surface area contributed by atoms with Crippen LogP contribution in [0.3, 0.4) is 0 Å². The number of nitrogens with zero attached hydrogens (tertiary/aromatic N) is 4. The molecule has 0 aliphatic heterocycles. The molecule has 3 heterocycles. The monoisotopic (exact) mass is 347 g/mol. The van der Waals surface area contributed by atoms with E-state index in [2.05, 4.69) is 20.4 Å². The Kier molecular flexibility index (Phi) is 3.98. The van der Waals surface area contributed by atoms with Crippen molar-refractivity contribution in [2.45, 2.75) is 6.54 Å². The second kappa shape index (κ2) is 6.60. The molecule has 8 heteroatoms. The summed E-state index contributed by atoms with van der Waals surface area (Å²) in [6.45, 7) is 0.193. The van der Waals surface area contributed by atoms with Crippen molar-refractivity contribution in [2.75, 3.05) is 0 Å². The number of fused-ring (bicyclic) bond motifs is 1. The maximum absolute atomic E-state index is 12.4. The highest BCUT2D eigenvalue weighted by atomic mass is 16.3. The summed E-state index contributed by atoms with van der Waals surface area (Å²) in [4.78, 5) is 32.7. The Morgan fingerprint density at radius 1 is 1.19 bits per heavy atom. The molecule has 0 aliphatic carbocycles. The van der Waals surface area contributed by atoms with E-state index >= 15 is 0 Å². The van der Waals surface area contributed by atoms with E-state index in [1.54, 1.807) is 36.5 Å². The molecular formula is C18H13N5O3. The quantitative estimate of drug-likeness (QED) is 0.603. The van der Waals surface area contributed by atoms with Crippen molar-refractivity contribution in [3.05, 3.63) is 82.9 Å². The molecule has 8 nitrogen and oxygen atoms in total. The number of amides is 1. The zero-order chi connectivity index (χ0) is 17.9. The first-order valence-electron chi connectivity index (χ1n) is 7.82. The van der Waals surface area contributed by atoms with Crippen molar-refractivity contribution in [1.29, 1.82) is 0 Å². The van der Waals surface area contributed by atoms with E-state index in [1.165, 1.54) is 23.4 Å². The second-order valence-electron chi connectivity index (χ2n) is 5.48. The van der Waals surface area contributed by atoms with E-state index in [-0.39, 0.29) is 17.7 Å². The fourth-order valence-electron chi connectivity index (χ4n) is 2.57. The summed E-state index contributed by atoms with van der Waals surface area (Å²) in [6.07, 6.45) is 4.56. The number of nitrogens with one attached hydrogen (secondary N) is 1. The van der Waals surface area contributed by atoms with Crippen LogP contribution in [0.25, 0.3) is 16.8 Å². The first-order chi connectivity index (χ1) is 12.7. The van der Waals surface area contributed by atoms with Gasteiger partial charge in [-0.15, -0.1) is 0 Å². The average molecular weight is 347 g/mol. The molecule has 1 N–H and O–H groups in total. The van der Waals surface area contributed by atoms with Crippen LogP contribution >= 0.6 is 0 Å². The highest BCUT2D eigenvalue weighted by Gasteiger charge is 2.13. The maximum Gasteiger partial charge on any atom is 0.287 e. The fourth-order valence-corrected chi connectivity index (χ4v) is 2.57. The molecule has 1 amide bonds. The molecule has 3 aromatic heterocycles. The standard InChI is InChI=1S/C18H13N5O3/c24-14-8-16(26-15-6-2-1-5-13(14)15)18(25)21-9-12-4-3-7-20-17(12)23-11-19-10-22-23/h1-8,10-11H,9H2,(H,21,25). The molecule has 0 fully saturated rings. The molecule has 26 heavy (non-hydrogen) atoms. The van der Waals surface area contributed by atoms with E-state index in [9.17, 15) is 9.59 Å². The van der Waals surface area contributed by atoms with Crippen LogP contribution in [-0.2, 0) is 6.54 Å². The van der Waals surface area contributed by atoms with Gasteiger partial charge in [-0.1, -0.05) is 18.2 Å². The van der Waals surface area contributed by atoms with Crippen molar-refractivity contribution in [2.24, 2.45) is 0 Å². The average Bonchev–Trinajstić information content (AvgIpc) is 3.21. The molecule has 0 saturated heterocycles. The number of benzene rings is 1. The Morgan fingerprint density at radius 2 is 2.08 bits per heavy atom. The third-order valence-electron chi connectivity index (χ3n) is 3.80. The van der Waals surface area contributed by atoms with Crippen LogP contribution in [0, 0.1) is 0 Å². The van der Waals surface area contributed by atoms with Gasteiger partial charge in [0.1, 0.15) is 18.2 Å². The molecule has 0 spiro atoms. The first kappa shape index (κ1) is 15.7. The van der Waals surface area contributed by atoms with Crippen LogP contribution in [0.5, 0.6) is 0 Å². The van der Waals surface area contributed by atoms with Gasteiger partial charge in [0, 0.05) is 24.4 Å². The molecule has 1 aromatic carbocycles. The highest BCUT2D eigenvalue weighted by molar-refractivity contribution is 5.93. The number of hydrogen-bond acceptors (Lipinski definition) is 6. The molecule has 0 atom stereocenters. The lowest BCUT2D eigenvalue weighted by Crippen LogP contribution is -2.25. The lowest BCUT2D eigenvalue weighted by Gasteiger charge is -2.09. The number of hydrogen-bond donors (Lipinski definition) is 1. The largest absolute Gasteiger partial charge is 0.451 e. The van der Waals surface area contributed by atoms with Gasteiger partial charge in [-0.25, -0.2) is 14.6 Å². The summed E-state index contributed by atoms with van der Waals surface area (Å²) in [7, 11) is 0. The summed E-state index contributed by atoms with van der Waals surface area (Å²) in [5, 5.41) is 7.22. The van der Waals surface area contributed by atoms with Crippen molar-refractivity contribution in [3.63, 3.8) is 0 Å². The molecular weight excluding hydrogens is 334 g/mol. The van der Waals surface area contributed by atoms with Gasteiger partial charge in [0.25, 0.3) is 5.91 Å². The number of pyridine rings is 1. The van der Waals surface area contributed by atoms with Crippen molar-refractivity contribution < 1.29 is 9.21 Å². The lowest BCUT2D eigenvalue weighted by atomic mass is 10.2. The van der Waals surface area contributed by atoms with Crippen molar-refractivity contribution >= 4 is 16.9 Å². The summed E-state index contributed by atoms with van der Waals surface area (Å²) in [6, 6.07) is 11.6. The third kappa shape index (κ3) is 2.95. The lowest BCUT2D eigenvalue weighted by molar-refractivity contribution is 0.0923. The maximum atomic E-state index is 12.4. The van der Waals surface area contributed by atoms with E-state index in [0.717, 1.165) is 5.56 Å². The van der Waals surface area contributed by atoms with E-state index in [4.69, 9.17) is 4.42 Å². The van der Waals surface area contributed by atoms with Crippen LogP contribution in [0.2, 0.25) is 0 Å². The predicted octanol–water partition coefficient (Wildman–Crippen LogP) is 1.70. The van der Waals surface area contributed by atoms with Gasteiger partial charge in [0.2, 0.25) is 0 Å². The Bertz CT molecular complexity index is 1130. The van der Waals surface area contributed by atoms with Gasteiger partial charge >= 0.3 is 0 Å². The molecule has 4 rings (SSSR count). The summed E-state index contributed by atoms with van der Waals surface area (Å²) < 4.78 is 7.05. The second-order valence-corrected chi connectivity index (χ2v) is 5.48. The van der Waals surface area contributed by atoms with E-state index < -0.39 is 5.91 Å². The van der Waals surface area contributed by atoms with Gasteiger partial charge in [0.05, 0.1) is 5.39 Å². The molecule has 0 aliphatic rings. The minimum absolute atomic E-state index is 0.0418. The number of para-hydroxylation sites is 1. The fraction of sp³-hybridized carbons (Fsp3) is 0.0556. The highest BCUT2D eigenvalue weighted by Crippen LogP contribution is 2.13. The van der Waals surface area contributed by atoms with Crippen LogP contribution in [-0.4, -0.2) is 25.7 Å². The summed E-state index contributed by atoms with van der Waals surface area (Å²) >= 11 is 0. The van der Waals surface area contributed by atoms with Crippen LogP contribution in [0.1, 0.15) is 16.1 Å². The minimum Gasteiger partial charge on any atom is -0.451 e. The number of carbonyl (C=O) groups excluding carboxylic acids is 1. The number of rotatable bonds is 4. The Hall–Kier alpha value is -3.81. The van der Waals surface area contributed by atoms with E-state index in [0.29, 0.717) is 16.8 Å². The summed E-state index contributed by atoms with van der Waals surface area (Å²) in [5.41, 5.74) is 0.853. The topological polar surface area (TPSA) is 103 Å². The zero-order valence-corrected chi connectivity index (χ0v) is 13.5. The molecule has 128 valence electrons. The molecule has 4 aromatic rings. The van der Waals surface area contributed by atoms with Gasteiger partial charge in [-0.2, -0.15) is 5.10 Å². The van der Waals surface area contributed by atoms with Crippen molar-refractivity contribution in [3.8, 4) is 5.82 Å². The van der Waals surface area contributed by atoms with Gasteiger partial charge in [-0.05, 0) is 18.2 Å². The van der Waals surface area contributed by atoms with Gasteiger partial charge in [-0.3, -0.25) is 9.59 Å².